The number of urea groups is 1. The first kappa shape index (κ1) is 27.7. The number of hydrogen-bond acceptors (Lipinski definition) is 8. The van der Waals surface area contributed by atoms with Gasteiger partial charge in [0.2, 0.25) is 5.91 Å². The molecule has 0 saturated heterocycles. The van der Waals surface area contributed by atoms with Crippen LogP contribution in [-0.2, 0) is 25.7 Å². The van der Waals surface area contributed by atoms with Crippen LogP contribution < -0.4 is 30.7 Å². The molecule has 2 aliphatic heterocycles. The van der Waals surface area contributed by atoms with Crippen molar-refractivity contribution in [2.24, 2.45) is 0 Å². The molecule has 2 aliphatic rings. The minimum atomic E-state index is -0.967. The van der Waals surface area contributed by atoms with E-state index < -0.39 is 18.0 Å². The lowest BCUT2D eigenvalue weighted by molar-refractivity contribution is -0.141. The molecule has 1 unspecified atom stereocenters. The Bertz CT molecular complexity index is 1660. The molecule has 0 aliphatic carbocycles. The number of carbonyl (C=O) groups excluding carboxylic acids is 4. The normalized spacial score (nSPS) is 15.6. The summed E-state index contributed by atoms with van der Waals surface area (Å²) < 4.78 is 17.0. The number of rotatable bonds is 8. The molecule has 212 valence electrons. The third-order valence-electron chi connectivity index (χ3n) is 6.31. The highest BCUT2D eigenvalue weighted by Gasteiger charge is 2.35. The van der Waals surface area contributed by atoms with Crippen LogP contribution in [0.15, 0.2) is 78.0 Å². The Balaban J connectivity index is 1.47. The summed E-state index contributed by atoms with van der Waals surface area (Å²) in [7, 11) is 0. The van der Waals surface area contributed by atoms with Crippen LogP contribution >= 0.6 is 0 Å². The highest BCUT2D eigenvalue weighted by atomic mass is 16.5. The molecule has 5 rings (SSSR count). The van der Waals surface area contributed by atoms with Gasteiger partial charge in [-0.25, -0.2) is 9.59 Å². The number of fused-ring (bicyclic) bond motifs is 1. The number of esters is 1. The van der Waals surface area contributed by atoms with Gasteiger partial charge in [-0.1, -0.05) is 24.3 Å². The van der Waals surface area contributed by atoms with Crippen LogP contribution in [-0.4, -0.2) is 37.0 Å². The molecule has 0 bridgehead atoms. The Morgan fingerprint density at radius 2 is 1.88 bits per heavy atom. The first-order valence-corrected chi connectivity index (χ1v) is 12.8. The number of benzene rings is 3. The molecule has 0 aromatic heterocycles. The van der Waals surface area contributed by atoms with Gasteiger partial charge in [0, 0.05) is 18.7 Å². The summed E-state index contributed by atoms with van der Waals surface area (Å²) in [5.41, 5.74) is 2.64. The molecule has 0 fully saturated rings. The number of carbonyl (C=O) groups is 4. The number of hydrogen-bond donors (Lipinski definition) is 4. The number of anilines is 2. The van der Waals surface area contributed by atoms with Crippen molar-refractivity contribution in [3.63, 3.8) is 0 Å². The predicted molar refractivity (Wildman–Crippen MR) is 149 cm³/mol. The van der Waals surface area contributed by atoms with Gasteiger partial charge in [0.1, 0.15) is 24.7 Å². The smallest absolute Gasteiger partial charge is 0.338 e. The summed E-state index contributed by atoms with van der Waals surface area (Å²) in [4.78, 5) is 49.7. The lowest BCUT2D eigenvalue weighted by Gasteiger charge is -2.30. The van der Waals surface area contributed by atoms with E-state index in [2.05, 4.69) is 21.3 Å². The van der Waals surface area contributed by atoms with Crippen molar-refractivity contribution in [1.29, 1.82) is 5.26 Å². The molecule has 4 N–H and O–H groups in total. The second-order valence-corrected chi connectivity index (χ2v) is 9.40. The average Bonchev–Trinajstić information content (AvgIpc) is 2.98. The van der Waals surface area contributed by atoms with Crippen LogP contribution in [0.2, 0.25) is 0 Å². The van der Waals surface area contributed by atoms with E-state index in [0.717, 1.165) is 0 Å². The van der Waals surface area contributed by atoms with Gasteiger partial charge < -0.3 is 35.5 Å². The minimum absolute atomic E-state index is 0.0760. The Hall–Kier alpha value is -5.83. The van der Waals surface area contributed by atoms with Crippen molar-refractivity contribution < 1.29 is 33.4 Å². The molecule has 42 heavy (non-hydrogen) atoms. The Labute approximate surface area is 240 Å². The van der Waals surface area contributed by atoms with Gasteiger partial charge in [0.25, 0.3) is 5.91 Å². The number of ether oxygens (including phenoxy) is 3. The molecular formula is C30H25N5O7. The third kappa shape index (κ3) is 6.48. The topological polar surface area (TPSA) is 168 Å². The van der Waals surface area contributed by atoms with Gasteiger partial charge in [-0.15, -0.1) is 0 Å². The third-order valence-corrected chi connectivity index (χ3v) is 6.31. The maximum absolute atomic E-state index is 13.6. The predicted octanol–water partition coefficient (Wildman–Crippen LogP) is 3.28. The maximum Gasteiger partial charge on any atom is 0.338 e. The molecule has 2 heterocycles. The summed E-state index contributed by atoms with van der Waals surface area (Å²) >= 11 is 0. The van der Waals surface area contributed by atoms with Gasteiger partial charge in [0.05, 0.1) is 34.6 Å². The monoisotopic (exact) mass is 567 g/mol. The quantitative estimate of drug-likeness (QED) is 0.301. The van der Waals surface area contributed by atoms with Gasteiger partial charge in [0.15, 0.2) is 6.61 Å². The van der Waals surface area contributed by atoms with Crippen LogP contribution in [0, 0.1) is 11.3 Å². The largest absolute Gasteiger partial charge is 0.487 e. The van der Waals surface area contributed by atoms with E-state index >= 15 is 0 Å². The molecule has 0 spiro atoms. The highest BCUT2D eigenvalue weighted by Crippen LogP contribution is 2.35. The fourth-order valence-electron chi connectivity index (χ4n) is 4.48. The van der Waals surface area contributed by atoms with Gasteiger partial charge in [-0.3, -0.25) is 9.59 Å². The zero-order chi connectivity index (χ0) is 29.6. The fraction of sp³-hybridized carbons (Fsp3) is 0.167. The van der Waals surface area contributed by atoms with Crippen LogP contribution in [0.1, 0.15) is 29.7 Å². The van der Waals surface area contributed by atoms with Gasteiger partial charge in [-0.2, -0.15) is 5.26 Å². The van der Waals surface area contributed by atoms with Crippen molar-refractivity contribution in [3.05, 3.63) is 94.7 Å². The van der Waals surface area contributed by atoms with E-state index in [1.165, 1.54) is 6.92 Å². The average molecular weight is 568 g/mol. The summed E-state index contributed by atoms with van der Waals surface area (Å²) in [5.74, 6) is -0.488. The van der Waals surface area contributed by atoms with Crippen molar-refractivity contribution in [1.82, 2.24) is 10.6 Å². The van der Waals surface area contributed by atoms with Crippen LogP contribution in [0.5, 0.6) is 11.5 Å². The summed E-state index contributed by atoms with van der Waals surface area (Å²) in [6.07, 6.45) is 0. The Kier molecular flexibility index (Phi) is 8.01. The number of nitriles is 1. The molecule has 0 saturated carbocycles. The van der Waals surface area contributed by atoms with Crippen LogP contribution in [0.4, 0.5) is 16.2 Å². The van der Waals surface area contributed by atoms with Crippen molar-refractivity contribution in [2.75, 3.05) is 23.8 Å². The van der Waals surface area contributed by atoms with Crippen molar-refractivity contribution in [2.45, 2.75) is 19.6 Å². The minimum Gasteiger partial charge on any atom is -0.487 e. The van der Waals surface area contributed by atoms with E-state index in [1.807, 2.05) is 6.07 Å². The fourth-order valence-corrected chi connectivity index (χ4v) is 4.48. The number of amides is 4. The van der Waals surface area contributed by atoms with Crippen molar-refractivity contribution in [3.8, 4) is 17.6 Å². The van der Waals surface area contributed by atoms with Gasteiger partial charge in [-0.05, 0) is 47.5 Å². The maximum atomic E-state index is 13.6. The summed E-state index contributed by atoms with van der Waals surface area (Å²) in [6.45, 7) is 0.924. The van der Waals surface area contributed by atoms with E-state index in [1.54, 1.807) is 66.7 Å². The zero-order valence-electron chi connectivity index (χ0n) is 22.4. The van der Waals surface area contributed by atoms with Gasteiger partial charge >= 0.3 is 12.0 Å². The highest BCUT2D eigenvalue weighted by molar-refractivity contribution is 5.97. The molecule has 1 atom stereocenters. The molecule has 0 radical (unpaired) electrons. The van der Waals surface area contributed by atoms with E-state index in [9.17, 15) is 24.4 Å². The molecule has 4 amide bonds. The standard InChI is InChI=1S/C30H25N5O7/c1-17(36)32-21-6-3-7-22(12-21)40-15-24-27(29(38)42-14-19-5-2-4-18(10-19)13-31)28(35-30(39)34-24)20-8-9-25-23(11-20)33-26(37)16-41-25/h2-12,28H,14-16H2,1H3,(H,32,36)(H,33,37)(H2,34,35,39). The van der Waals surface area contributed by atoms with E-state index in [-0.39, 0.29) is 42.9 Å². The lowest BCUT2D eigenvalue weighted by atomic mass is 9.94. The SMILES string of the molecule is CC(=O)Nc1cccc(OCC2=C(C(=O)OCc3cccc(C#N)c3)C(c3ccc4c(c3)NC(=O)CO4)NC(=O)N2)c1. The second-order valence-electron chi connectivity index (χ2n) is 9.40. The van der Waals surface area contributed by atoms with E-state index in [4.69, 9.17) is 14.2 Å². The lowest BCUT2D eigenvalue weighted by Crippen LogP contribution is -2.47. The zero-order valence-corrected chi connectivity index (χ0v) is 22.4. The first-order valence-electron chi connectivity index (χ1n) is 12.8. The molecule has 3 aromatic carbocycles. The Morgan fingerprint density at radius 1 is 1.05 bits per heavy atom. The summed E-state index contributed by atoms with van der Waals surface area (Å²) in [6, 6.07) is 18.7. The molecule has 12 heteroatoms. The first-order chi connectivity index (χ1) is 20.3. The molecule has 3 aromatic rings. The van der Waals surface area contributed by atoms with Crippen molar-refractivity contribution >= 4 is 35.2 Å². The Morgan fingerprint density at radius 3 is 2.69 bits per heavy atom. The number of nitrogens with zero attached hydrogens (tertiary/aromatic N) is 1. The summed E-state index contributed by atoms with van der Waals surface area (Å²) in [5, 5.41) is 20.0. The molecule has 12 nitrogen and oxygen atoms in total. The van der Waals surface area contributed by atoms with Crippen LogP contribution in [0.25, 0.3) is 0 Å². The number of nitrogens with one attached hydrogen (secondary N) is 4. The second kappa shape index (κ2) is 12.1. The van der Waals surface area contributed by atoms with E-state index in [0.29, 0.717) is 39.6 Å². The van der Waals surface area contributed by atoms with Crippen LogP contribution in [0.3, 0.4) is 0 Å². The molecular weight excluding hydrogens is 542 g/mol.